The zero-order valence-electron chi connectivity index (χ0n) is 14.2. The average molecular weight is 369 g/mol. The molecule has 1 aliphatic rings. The molecule has 132 valence electrons. The van der Waals surface area contributed by atoms with Crippen molar-refractivity contribution in [3.63, 3.8) is 0 Å². The van der Waals surface area contributed by atoms with E-state index in [1.54, 1.807) is 17.9 Å². The van der Waals surface area contributed by atoms with Gasteiger partial charge in [-0.1, -0.05) is 11.6 Å². The molecule has 4 heterocycles. The number of benzene rings is 1. The van der Waals surface area contributed by atoms with Crippen LogP contribution in [-0.2, 0) is 26.6 Å². The maximum Gasteiger partial charge on any atom is 0.262 e. The van der Waals surface area contributed by atoms with Gasteiger partial charge in [-0.3, -0.25) is 14.4 Å². The molecule has 4 aromatic rings. The quantitative estimate of drug-likeness (QED) is 0.569. The van der Waals surface area contributed by atoms with Gasteiger partial charge in [-0.25, -0.2) is 4.98 Å². The first-order chi connectivity index (χ1) is 12.6. The number of aromatic nitrogens is 5. The second-order valence-electron chi connectivity index (χ2n) is 6.75. The lowest BCUT2D eigenvalue weighted by molar-refractivity contribution is 0.239. The van der Waals surface area contributed by atoms with Crippen molar-refractivity contribution in [2.24, 2.45) is 7.05 Å². The molecule has 0 amide bonds. The van der Waals surface area contributed by atoms with E-state index in [2.05, 4.69) is 25.0 Å². The van der Waals surface area contributed by atoms with E-state index < -0.39 is 0 Å². The molecule has 1 aromatic carbocycles. The van der Waals surface area contributed by atoms with Gasteiger partial charge in [-0.05, 0) is 23.8 Å². The van der Waals surface area contributed by atoms with Crippen LogP contribution in [0.4, 0.5) is 0 Å². The van der Waals surface area contributed by atoms with Gasteiger partial charge in [0.15, 0.2) is 5.65 Å². The molecular weight excluding hydrogens is 352 g/mol. The van der Waals surface area contributed by atoms with Crippen molar-refractivity contribution in [1.82, 2.24) is 29.6 Å². The number of hydrogen-bond donors (Lipinski definition) is 2. The van der Waals surface area contributed by atoms with Crippen LogP contribution >= 0.6 is 11.6 Å². The summed E-state index contributed by atoms with van der Waals surface area (Å²) in [6.45, 7) is 2.28. The van der Waals surface area contributed by atoms with Crippen LogP contribution in [0.25, 0.3) is 21.9 Å². The summed E-state index contributed by atoms with van der Waals surface area (Å²) in [5.41, 5.74) is 4.12. The molecule has 5 rings (SSSR count). The van der Waals surface area contributed by atoms with Gasteiger partial charge in [-0.15, -0.1) is 0 Å². The maximum absolute atomic E-state index is 12.2. The minimum Gasteiger partial charge on any atom is -0.358 e. The Labute approximate surface area is 153 Å². The summed E-state index contributed by atoms with van der Waals surface area (Å²) in [5, 5.41) is 6.54. The Morgan fingerprint density at radius 1 is 1.27 bits per heavy atom. The van der Waals surface area contributed by atoms with Gasteiger partial charge in [0.05, 0.1) is 12.7 Å². The van der Waals surface area contributed by atoms with Crippen molar-refractivity contribution < 1.29 is 0 Å². The Kier molecular flexibility index (Phi) is 3.41. The molecule has 0 spiro atoms. The number of H-pyrrole nitrogens is 2. The molecule has 7 nitrogen and oxygen atoms in total. The first-order valence-electron chi connectivity index (χ1n) is 8.51. The average Bonchev–Trinajstić information content (AvgIpc) is 3.16. The highest BCUT2D eigenvalue weighted by Gasteiger charge is 2.22. The normalized spacial score (nSPS) is 15.0. The fourth-order valence-corrected chi connectivity index (χ4v) is 3.91. The standard InChI is InChI=1S/C18H17ClN6O/c1-24-17-12(7-20-24)18(26)23-16(22-17)9-25-5-4-15-13(8-25)11-6-10(19)2-3-14(11)21-15/h2-3,6-7,21H,4-5,8-9H2,1H3,(H,22,23,26). The van der Waals surface area contributed by atoms with Gasteiger partial charge in [-0.2, -0.15) is 5.10 Å². The van der Waals surface area contributed by atoms with Gasteiger partial charge in [0.1, 0.15) is 11.2 Å². The van der Waals surface area contributed by atoms with Crippen molar-refractivity contribution >= 4 is 33.5 Å². The summed E-state index contributed by atoms with van der Waals surface area (Å²) in [6.07, 6.45) is 2.48. The predicted octanol–water partition coefficient (Wildman–Crippen LogP) is 2.35. The van der Waals surface area contributed by atoms with Gasteiger partial charge >= 0.3 is 0 Å². The van der Waals surface area contributed by atoms with Crippen molar-refractivity contribution in [2.75, 3.05) is 6.54 Å². The van der Waals surface area contributed by atoms with Gasteiger partial charge < -0.3 is 9.97 Å². The summed E-state index contributed by atoms with van der Waals surface area (Å²) in [5.74, 6) is 0.660. The topological polar surface area (TPSA) is 82.6 Å². The summed E-state index contributed by atoms with van der Waals surface area (Å²) in [6, 6.07) is 5.94. The second-order valence-corrected chi connectivity index (χ2v) is 7.19. The highest BCUT2D eigenvalue weighted by Crippen LogP contribution is 2.30. The number of nitrogens with one attached hydrogen (secondary N) is 2. The fraction of sp³-hybridized carbons (Fsp3) is 0.278. The van der Waals surface area contributed by atoms with Crippen LogP contribution in [0.3, 0.4) is 0 Å². The molecule has 0 saturated heterocycles. The Morgan fingerprint density at radius 3 is 3.04 bits per heavy atom. The lowest BCUT2D eigenvalue weighted by Gasteiger charge is -2.26. The molecule has 0 radical (unpaired) electrons. The SMILES string of the molecule is Cn1ncc2c(=O)[nH]c(CN3CCc4[nH]c5ccc(Cl)cc5c4C3)nc21. The van der Waals surface area contributed by atoms with Crippen LogP contribution < -0.4 is 5.56 Å². The summed E-state index contributed by atoms with van der Waals surface area (Å²) >= 11 is 6.18. The Morgan fingerprint density at radius 2 is 2.15 bits per heavy atom. The van der Waals surface area contributed by atoms with Gasteiger partial charge in [0, 0.05) is 48.2 Å². The van der Waals surface area contributed by atoms with Crippen molar-refractivity contribution in [1.29, 1.82) is 0 Å². The van der Waals surface area contributed by atoms with Gasteiger partial charge in [0.2, 0.25) is 0 Å². The molecule has 2 N–H and O–H groups in total. The molecule has 0 bridgehead atoms. The summed E-state index contributed by atoms with van der Waals surface area (Å²) in [4.78, 5) is 25.5. The van der Waals surface area contributed by atoms with Crippen molar-refractivity contribution in [3.8, 4) is 0 Å². The van der Waals surface area contributed by atoms with E-state index in [-0.39, 0.29) is 5.56 Å². The minimum absolute atomic E-state index is 0.144. The number of halogens is 1. The molecule has 0 saturated carbocycles. The van der Waals surface area contributed by atoms with E-state index in [1.807, 2.05) is 18.2 Å². The number of fused-ring (bicyclic) bond motifs is 4. The first-order valence-corrected chi connectivity index (χ1v) is 8.88. The lowest BCUT2D eigenvalue weighted by atomic mass is 10.0. The third-order valence-corrected chi connectivity index (χ3v) is 5.28. The van der Waals surface area contributed by atoms with Crippen LogP contribution in [0.2, 0.25) is 5.02 Å². The minimum atomic E-state index is -0.144. The zero-order valence-corrected chi connectivity index (χ0v) is 15.0. The molecule has 1 aliphatic heterocycles. The highest BCUT2D eigenvalue weighted by atomic mass is 35.5. The number of hydrogen-bond acceptors (Lipinski definition) is 4. The molecule has 0 aliphatic carbocycles. The largest absolute Gasteiger partial charge is 0.358 e. The molecule has 0 atom stereocenters. The van der Waals surface area contributed by atoms with Crippen LogP contribution in [0, 0.1) is 0 Å². The summed E-state index contributed by atoms with van der Waals surface area (Å²) < 4.78 is 1.63. The number of aryl methyl sites for hydroxylation is 1. The van der Waals surface area contributed by atoms with Crippen LogP contribution in [-0.4, -0.2) is 36.2 Å². The van der Waals surface area contributed by atoms with E-state index in [0.717, 1.165) is 30.0 Å². The third-order valence-electron chi connectivity index (χ3n) is 5.04. The first kappa shape index (κ1) is 15.6. The molecular formula is C18H17ClN6O. The monoisotopic (exact) mass is 368 g/mol. The van der Waals surface area contributed by atoms with Gasteiger partial charge in [0.25, 0.3) is 5.56 Å². The van der Waals surface area contributed by atoms with Crippen LogP contribution in [0.1, 0.15) is 17.1 Å². The zero-order chi connectivity index (χ0) is 17.8. The summed E-state index contributed by atoms with van der Waals surface area (Å²) in [7, 11) is 1.79. The molecule has 0 fully saturated rings. The molecule has 8 heteroatoms. The highest BCUT2D eigenvalue weighted by molar-refractivity contribution is 6.31. The molecule has 3 aromatic heterocycles. The van der Waals surface area contributed by atoms with E-state index in [4.69, 9.17) is 11.6 Å². The van der Waals surface area contributed by atoms with E-state index in [0.29, 0.717) is 23.4 Å². The Bertz CT molecular complexity index is 1200. The predicted molar refractivity (Wildman–Crippen MR) is 100 cm³/mol. The number of nitrogens with zero attached hydrogens (tertiary/aromatic N) is 4. The smallest absolute Gasteiger partial charge is 0.262 e. The van der Waals surface area contributed by atoms with Crippen molar-refractivity contribution in [2.45, 2.75) is 19.5 Å². The lowest BCUT2D eigenvalue weighted by Crippen LogP contribution is -2.31. The Hall–Kier alpha value is -2.64. The van der Waals surface area contributed by atoms with E-state index in [9.17, 15) is 4.79 Å². The fourth-order valence-electron chi connectivity index (χ4n) is 3.74. The Balaban J connectivity index is 1.48. The third kappa shape index (κ3) is 2.43. The second kappa shape index (κ2) is 5.69. The molecule has 0 unspecified atom stereocenters. The van der Waals surface area contributed by atoms with Crippen molar-refractivity contribution in [3.05, 3.63) is 56.9 Å². The van der Waals surface area contributed by atoms with Crippen LogP contribution in [0.15, 0.2) is 29.2 Å². The number of rotatable bonds is 2. The van der Waals surface area contributed by atoms with E-state index in [1.165, 1.54) is 16.6 Å². The van der Waals surface area contributed by atoms with E-state index >= 15 is 0 Å². The van der Waals surface area contributed by atoms with Crippen LogP contribution in [0.5, 0.6) is 0 Å². The maximum atomic E-state index is 12.2. The number of aromatic amines is 2. The molecule has 26 heavy (non-hydrogen) atoms.